The number of carboxylic acid groups (broad SMARTS) is 1. The number of aromatic nitrogens is 3. The Hall–Kier alpha value is -2.93. The van der Waals surface area contributed by atoms with Crippen molar-refractivity contribution in [3.63, 3.8) is 0 Å². The lowest BCUT2D eigenvalue weighted by atomic mass is 10.1. The van der Waals surface area contributed by atoms with Crippen molar-refractivity contribution in [2.45, 2.75) is 32.6 Å². The summed E-state index contributed by atoms with van der Waals surface area (Å²) in [5.74, 6) is -2.35. The summed E-state index contributed by atoms with van der Waals surface area (Å²) in [6.45, 7) is 4.83. The first kappa shape index (κ1) is 21.1. The molecule has 0 aliphatic rings. The van der Waals surface area contributed by atoms with E-state index in [9.17, 15) is 13.2 Å². The van der Waals surface area contributed by atoms with Gasteiger partial charge in [-0.25, -0.2) is 4.79 Å². The summed E-state index contributed by atoms with van der Waals surface area (Å²) in [4.78, 5) is 8.90. The zero-order chi connectivity index (χ0) is 19.9. The Labute approximate surface area is 147 Å². The van der Waals surface area contributed by atoms with Crippen molar-refractivity contribution in [1.29, 1.82) is 5.26 Å². The molecule has 1 heterocycles. The third-order valence-electron chi connectivity index (χ3n) is 3.35. The largest absolute Gasteiger partial charge is 0.490 e. The number of halogens is 3. The predicted octanol–water partition coefficient (Wildman–Crippen LogP) is 2.43. The third kappa shape index (κ3) is 6.52. The van der Waals surface area contributed by atoms with Crippen LogP contribution < -0.4 is 5.73 Å². The Morgan fingerprint density at radius 3 is 2.31 bits per heavy atom. The van der Waals surface area contributed by atoms with Crippen LogP contribution in [0.3, 0.4) is 0 Å². The molecule has 0 fully saturated rings. The molecule has 2 aromatic rings. The van der Waals surface area contributed by atoms with Gasteiger partial charge >= 0.3 is 12.1 Å². The van der Waals surface area contributed by atoms with Crippen molar-refractivity contribution in [1.82, 2.24) is 15.0 Å². The van der Waals surface area contributed by atoms with E-state index in [1.165, 1.54) is 0 Å². The van der Waals surface area contributed by atoms with Gasteiger partial charge in [0.25, 0.3) is 0 Å². The lowest BCUT2D eigenvalue weighted by molar-refractivity contribution is -0.192. The fourth-order valence-corrected chi connectivity index (χ4v) is 1.66. The molecule has 3 N–H and O–H groups in total. The van der Waals surface area contributed by atoms with E-state index in [4.69, 9.17) is 20.9 Å². The molecule has 0 amide bonds. The van der Waals surface area contributed by atoms with Crippen LogP contribution in [-0.2, 0) is 11.3 Å². The Morgan fingerprint density at radius 1 is 1.35 bits per heavy atom. The van der Waals surface area contributed by atoms with Gasteiger partial charge in [-0.15, -0.1) is 5.10 Å². The lowest BCUT2D eigenvalue weighted by Crippen LogP contribution is -2.31. The third-order valence-corrected chi connectivity index (χ3v) is 3.35. The number of hydrogen-bond acceptors (Lipinski definition) is 5. The number of aliphatic carboxylic acids is 1. The van der Waals surface area contributed by atoms with Gasteiger partial charge in [-0.05, 0) is 18.1 Å². The van der Waals surface area contributed by atoms with Gasteiger partial charge in [-0.2, -0.15) is 18.4 Å². The maximum atomic E-state index is 10.6. The number of hydrogen-bond donors (Lipinski definition) is 2. The first-order chi connectivity index (χ1) is 12.0. The van der Waals surface area contributed by atoms with Crippen LogP contribution in [0.2, 0.25) is 0 Å². The second kappa shape index (κ2) is 8.96. The summed E-state index contributed by atoms with van der Waals surface area (Å²) in [5.41, 5.74) is 8.39. The van der Waals surface area contributed by atoms with Gasteiger partial charge in [0.15, 0.2) is 0 Å². The Kier molecular flexibility index (Phi) is 7.28. The van der Waals surface area contributed by atoms with Gasteiger partial charge in [0.1, 0.15) is 5.69 Å². The molecule has 1 unspecified atom stereocenters. The minimum absolute atomic E-state index is 0.0653. The molecular formula is C16H18F3N5O2. The summed E-state index contributed by atoms with van der Waals surface area (Å²) >= 11 is 0. The summed E-state index contributed by atoms with van der Waals surface area (Å²) in [5, 5.41) is 24.1. The number of carboxylic acids is 1. The minimum Gasteiger partial charge on any atom is -0.475 e. The van der Waals surface area contributed by atoms with Crippen molar-refractivity contribution < 1.29 is 23.1 Å². The van der Waals surface area contributed by atoms with E-state index in [1.807, 2.05) is 18.3 Å². The van der Waals surface area contributed by atoms with E-state index in [0.717, 1.165) is 11.3 Å². The molecule has 1 atom stereocenters. The van der Waals surface area contributed by atoms with Crippen molar-refractivity contribution in [3.8, 4) is 17.3 Å². The molecule has 140 valence electrons. The highest BCUT2D eigenvalue weighted by Crippen LogP contribution is 2.17. The van der Waals surface area contributed by atoms with Crippen LogP contribution in [0.25, 0.3) is 11.3 Å². The quantitative estimate of drug-likeness (QED) is 0.855. The van der Waals surface area contributed by atoms with Crippen LogP contribution in [0.1, 0.15) is 19.4 Å². The van der Waals surface area contributed by atoms with Gasteiger partial charge in [0.2, 0.25) is 0 Å². The fraction of sp³-hybridized carbons (Fsp3) is 0.375. The predicted molar refractivity (Wildman–Crippen MR) is 86.7 cm³/mol. The zero-order valence-corrected chi connectivity index (χ0v) is 14.1. The molecule has 0 saturated heterocycles. The SMILES string of the molecule is CC(C)C(N)Cn1cc(-c2ccc(C#N)cc2)nn1.O=C(O)C(F)(F)F. The van der Waals surface area contributed by atoms with Gasteiger partial charge in [-0.1, -0.05) is 31.2 Å². The maximum Gasteiger partial charge on any atom is 0.490 e. The molecule has 0 bridgehead atoms. The van der Waals surface area contributed by atoms with Gasteiger partial charge in [-0.3, -0.25) is 4.68 Å². The van der Waals surface area contributed by atoms with Crippen LogP contribution >= 0.6 is 0 Å². The first-order valence-electron chi connectivity index (χ1n) is 7.51. The van der Waals surface area contributed by atoms with Crippen LogP contribution in [0.15, 0.2) is 30.5 Å². The number of benzene rings is 1. The molecule has 0 aliphatic carbocycles. The number of alkyl halides is 3. The van der Waals surface area contributed by atoms with Crippen molar-refractivity contribution >= 4 is 5.97 Å². The van der Waals surface area contributed by atoms with E-state index in [-0.39, 0.29) is 6.04 Å². The van der Waals surface area contributed by atoms with Crippen LogP contribution in [0.4, 0.5) is 13.2 Å². The van der Waals surface area contributed by atoms with Crippen molar-refractivity contribution in [3.05, 3.63) is 36.0 Å². The second-order valence-corrected chi connectivity index (χ2v) is 5.73. The van der Waals surface area contributed by atoms with Gasteiger partial charge < -0.3 is 10.8 Å². The molecular weight excluding hydrogens is 351 g/mol. The first-order valence-corrected chi connectivity index (χ1v) is 7.51. The highest BCUT2D eigenvalue weighted by molar-refractivity contribution is 5.73. The van der Waals surface area contributed by atoms with E-state index >= 15 is 0 Å². The smallest absolute Gasteiger partial charge is 0.475 e. The Morgan fingerprint density at radius 2 is 1.88 bits per heavy atom. The fourth-order valence-electron chi connectivity index (χ4n) is 1.66. The van der Waals surface area contributed by atoms with E-state index < -0.39 is 12.1 Å². The number of nitriles is 1. The molecule has 26 heavy (non-hydrogen) atoms. The van der Waals surface area contributed by atoms with Crippen LogP contribution in [-0.4, -0.2) is 38.3 Å². The highest BCUT2D eigenvalue weighted by atomic mass is 19.4. The van der Waals surface area contributed by atoms with E-state index in [1.54, 1.807) is 16.8 Å². The van der Waals surface area contributed by atoms with E-state index in [0.29, 0.717) is 18.0 Å². The molecule has 2 rings (SSSR count). The molecule has 7 nitrogen and oxygen atoms in total. The molecule has 10 heteroatoms. The summed E-state index contributed by atoms with van der Waals surface area (Å²) < 4.78 is 33.5. The number of nitrogens with zero attached hydrogens (tertiary/aromatic N) is 4. The van der Waals surface area contributed by atoms with Crippen LogP contribution in [0, 0.1) is 17.2 Å². The average Bonchev–Trinajstić information content (AvgIpc) is 3.03. The summed E-state index contributed by atoms with van der Waals surface area (Å²) in [7, 11) is 0. The Bertz CT molecular complexity index is 763. The zero-order valence-electron chi connectivity index (χ0n) is 14.1. The number of carbonyl (C=O) groups is 1. The molecule has 0 radical (unpaired) electrons. The number of rotatable bonds is 4. The van der Waals surface area contributed by atoms with Gasteiger partial charge in [0, 0.05) is 11.6 Å². The second-order valence-electron chi connectivity index (χ2n) is 5.73. The van der Waals surface area contributed by atoms with Crippen molar-refractivity contribution in [2.24, 2.45) is 11.7 Å². The molecule has 1 aromatic heterocycles. The topological polar surface area (TPSA) is 118 Å². The standard InChI is InChI=1S/C14H17N5.C2HF3O2/c1-10(2)13(16)8-19-9-14(17-18-19)12-5-3-11(7-15)4-6-12;3-2(4,5)1(6)7/h3-6,9-10,13H,8,16H2,1-2H3;(H,6,7). The average molecular weight is 369 g/mol. The minimum atomic E-state index is -5.08. The summed E-state index contributed by atoms with van der Waals surface area (Å²) in [6, 6.07) is 9.44. The monoisotopic (exact) mass is 369 g/mol. The molecule has 1 aromatic carbocycles. The lowest BCUT2D eigenvalue weighted by Gasteiger charge is -2.14. The summed E-state index contributed by atoms with van der Waals surface area (Å²) in [6.07, 6.45) is -3.20. The maximum absolute atomic E-state index is 10.6. The number of nitrogens with two attached hydrogens (primary N) is 1. The normalized spacial score (nSPS) is 12.1. The van der Waals surface area contributed by atoms with E-state index in [2.05, 4.69) is 30.2 Å². The van der Waals surface area contributed by atoms with Crippen molar-refractivity contribution in [2.75, 3.05) is 0 Å². The Balaban J connectivity index is 0.000000412. The molecule has 0 spiro atoms. The van der Waals surface area contributed by atoms with Gasteiger partial charge in [0.05, 0.1) is 24.4 Å². The van der Waals surface area contributed by atoms with Crippen LogP contribution in [0.5, 0.6) is 0 Å². The molecule has 0 saturated carbocycles. The highest BCUT2D eigenvalue weighted by Gasteiger charge is 2.38. The molecule has 0 aliphatic heterocycles.